The minimum Gasteiger partial charge on any atom is -0.310 e. The molecule has 1 atom stereocenters. The average Bonchev–Trinajstić information content (AvgIpc) is 3.40. The Morgan fingerprint density at radius 1 is 1.00 bits per heavy atom. The number of carbonyl (C=O) groups is 1. The monoisotopic (exact) mass is 485 g/mol. The summed E-state index contributed by atoms with van der Waals surface area (Å²) in [5, 5.41) is 4.34. The number of rotatable bonds is 2. The highest BCUT2D eigenvalue weighted by Gasteiger charge is 2.36. The predicted octanol–water partition coefficient (Wildman–Crippen LogP) is 7.31. The Bertz CT molecular complexity index is 1420. The SMILES string of the molecule is Cc1cc(C)cc(NC(=O)N2Cc3c(sc4c3CCCC4)-n3cccc3[C@H]2c2cccc(F)c2)c1. The summed E-state index contributed by atoms with van der Waals surface area (Å²) in [4.78, 5) is 17.3. The van der Waals surface area contributed by atoms with Gasteiger partial charge in [0.1, 0.15) is 10.8 Å². The smallest absolute Gasteiger partial charge is 0.310 e. The summed E-state index contributed by atoms with van der Waals surface area (Å²) < 4.78 is 16.6. The molecule has 6 heteroatoms. The largest absolute Gasteiger partial charge is 0.322 e. The van der Waals surface area contributed by atoms with E-state index in [1.807, 2.05) is 54.3 Å². The third kappa shape index (κ3) is 3.96. The summed E-state index contributed by atoms with van der Waals surface area (Å²) >= 11 is 1.85. The number of aryl methyl sites for hydroxylation is 3. The Labute approximate surface area is 209 Å². The zero-order chi connectivity index (χ0) is 24.1. The van der Waals surface area contributed by atoms with Crippen LogP contribution in [0.2, 0.25) is 0 Å². The molecule has 0 bridgehead atoms. The number of aromatic nitrogens is 1. The molecule has 0 saturated heterocycles. The molecule has 3 heterocycles. The number of hydrogen-bond acceptors (Lipinski definition) is 2. The van der Waals surface area contributed by atoms with Gasteiger partial charge in [0.15, 0.2) is 0 Å². The maximum atomic E-state index is 14.4. The molecule has 4 aromatic rings. The van der Waals surface area contributed by atoms with Gasteiger partial charge < -0.3 is 14.8 Å². The van der Waals surface area contributed by atoms with E-state index < -0.39 is 6.04 Å². The number of amides is 2. The molecule has 0 radical (unpaired) electrons. The predicted molar refractivity (Wildman–Crippen MR) is 139 cm³/mol. The maximum absolute atomic E-state index is 14.4. The first-order chi connectivity index (χ1) is 17.0. The van der Waals surface area contributed by atoms with E-state index in [-0.39, 0.29) is 11.8 Å². The molecule has 2 aliphatic rings. The van der Waals surface area contributed by atoms with Crippen LogP contribution in [-0.4, -0.2) is 15.5 Å². The van der Waals surface area contributed by atoms with Gasteiger partial charge in [-0.05, 0) is 98.2 Å². The molecule has 4 nitrogen and oxygen atoms in total. The van der Waals surface area contributed by atoms with Crippen LogP contribution in [-0.2, 0) is 19.4 Å². The van der Waals surface area contributed by atoms with E-state index in [2.05, 4.69) is 28.2 Å². The Kier molecular flexibility index (Phi) is 5.49. The van der Waals surface area contributed by atoms with Crippen molar-refractivity contribution in [1.29, 1.82) is 0 Å². The van der Waals surface area contributed by atoms with E-state index in [4.69, 9.17) is 0 Å². The molecular formula is C29H28FN3OS. The fraction of sp³-hybridized carbons (Fsp3) is 0.276. The Balaban J connectivity index is 1.50. The van der Waals surface area contributed by atoms with Gasteiger partial charge in [0, 0.05) is 22.3 Å². The Morgan fingerprint density at radius 3 is 2.60 bits per heavy atom. The van der Waals surface area contributed by atoms with Crippen molar-refractivity contribution in [2.24, 2.45) is 0 Å². The van der Waals surface area contributed by atoms with Crippen LogP contribution in [0.1, 0.15) is 57.3 Å². The van der Waals surface area contributed by atoms with Crippen molar-refractivity contribution >= 4 is 23.1 Å². The molecule has 2 amide bonds. The Hall–Kier alpha value is -3.38. The van der Waals surface area contributed by atoms with E-state index in [0.29, 0.717) is 6.54 Å². The normalized spacial score (nSPS) is 16.8. The lowest BCUT2D eigenvalue weighted by Crippen LogP contribution is -2.38. The number of halogens is 1. The van der Waals surface area contributed by atoms with Gasteiger partial charge in [-0.25, -0.2) is 9.18 Å². The van der Waals surface area contributed by atoms with Crippen LogP contribution in [0.4, 0.5) is 14.9 Å². The first-order valence-electron chi connectivity index (χ1n) is 12.2. The third-order valence-corrected chi connectivity index (χ3v) is 8.41. The fourth-order valence-corrected chi connectivity index (χ4v) is 7.06. The second kappa shape index (κ2) is 8.68. The molecular weight excluding hydrogens is 457 g/mol. The molecule has 0 fully saturated rings. The average molecular weight is 486 g/mol. The van der Waals surface area contributed by atoms with Gasteiger partial charge in [0.2, 0.25) is 0 Å². The summed E-state index contributed by atoms with van der Waals surface area (Å²) in [6, 6.07) is 16.2. The second-order valence-electron chi connectivity index (χ2n) is 9.69. The van der Waals surface area contributed by atoms with Crippen molar-refractivity contribution in [2.75, 3.05) is 5.32 Å². The highest BCUT2D eigenvalue weighted by atomic mass is 32.1. The standard InChI is InChI=1S/C29H28FN3OS/c1-18-13-19(2)15-22(14-18)31-29(34)33-17-24-23-9-3-4-11-26(23)35-28(24)32-12-6-10-25(32)27(33)20-7-5-8-21(30)16-20/h5-8,10,12-16,27H,3-4,9,11,17H2,1-2H3,(H,31,34)/t27-/m1/s1. The maximum Gasteiger partial charge on any atom is 0.322 e. The molecule has 0 spiro atoms. The molecule has 0 unspecified atom stereocenters. The number of nitrogens with one attached hydrogen (secondary N) is 1. The third-order valence-electron chi connectivity index (χ3n) is 7.08. The molecule has 1 aliphatic carbocycles. The lowest BCUT2D eigenvalue weighted by atomic mass is 9.95. The molecule has 1 aliphatic heterocycles. The Morgan fingerprint density at radius 2 is 1.80 bits per heavy atom. The first kappa shape index (κ1) is 22.1. The number of thiophene rings is 1. The number of anilines is 1. The zero-order valence-electron chi connectivity index (χ0n) is 20.0. The van der Waals surface area contributed by atoms with Gasteiger partial charge in [-0.15, -0.1) is 11.3 Å². The number of benzene rings is 2. The van der Waals surface area contributed by atoms with E-state index in [0.717, 1.165) is 40.9 Å². The van der Waals surface area contributed by atoms with Crippen LogP contribution in [0.3, 0.4) is 0 Å². The molecule has 1 N–H and O–H groups in total. The fourth-order valence-electron chi connectivity index (χ4n) is 5.66. The number of fused-ring (bicyclic) bond motifs is 5. The number of carbonyl (C=O) groups excluding carboxylic acids is 1. The molecule has 2 aromatic carbocycles. The second-order valence-corrected chi connectivity index (χ2v) is 10.8. The molecule has 6 rings (SSSR count). The van der Waals surface area contributed by atoms with Gasteiger partial charge in [0.05, 0.1) is 18.3 Å². The lowest BCUT2D eigenvalue weighted by Gasteiger charge is -2.31. The lowest BCUT2D eigenvalue weighted by molar-refractivity contribution is 0.194. The van der Waals surface area contributed by atoms with E-state index >= 15 is 0 Å². The number of hydrogen-bond donors (Lipinski definition) is 1. The molecule has 178 valence electrons. The van der Waals surface area contributed by atoms with Crippen LogP contribution in [0.25, 0.3) is 5.00 Å². The van der Waals surface area contributed by atoms with Crippen LogP contribution in [0.5, 0.6) is 0 Å². The van der Waals surface area contributed by atoms with Crippen molar-refractivity contribution in [1.82, 2.24) is 9.47 Å². The summed E-state index contributed by atoms with van der Waals surface area (Å²) in [5.74, 6) is -0.299. The quantitative estimate of drug-likeness (QED) is 0.318. The number of nitrogens with zero attached hydrogens (tertiary/aromatic N) is 2. The van der Waals surface area contributed by atoms with Gasteiger partial charge in [0.25, 0.3) is 0 Å². The molecule has 35 heavy (non-hydrogen) atoms. The summed E-state index contributed by atoms with van der Waals surface area (Å²) in [6.07, 6.45) is 6.62. The highest BCUT2D eigenvalue weighted by Crippen LogP contribution is 2.44. The van der Waals surface area contributed by atoms with Gasteiger partial charge >= 0.3 is 6.03 Å². The van der Waals surface area contributed by atoms with Crippen molar-refractivity contribution in [2.45, 2.75) is 52.1 Å². The van der Waals surface area contributed by atoms with Crippen LogP contribution in [0, 0.1) is 19.7 Å². The van der Waals surface area contributed by atoms with Gasteiger partial charge in [-0.3, -0.25) is 0 Å². The zero-order valence-corrected chi connectivity index (χ0v) is 20.8. The number of urea groups is 1. The van der Waals surface area contributed by atoms with Crippen molar-refractivity contribution in [3.05, 3.63) is 105 Å². The highest BCUT2D eigenvalue weighted by molar-refractivity contribution is 7.15. The summed E-state index contributed by atoms with van der Waals surface area (Å²) in [6.45, 7) is 4.54. The van der Waals surface area contributed by atoms with Crippen molar-refractivity contribution in [3.63, 3.8) is 0 Å². The van der Waals surface area contributed by atoms with Crippen LogP contribution >= 0.6 is 11.3 Å². The van der Waals surface area contributed by atoms with Crippen molar-refractivity contribution < 1.29 is 9.18 Å². The van der Waals surface area contributed by atoms with E-state index in [1.165, 1.54) is 39.9 Å². The summed E-state index contributed by atoms with van der Waals surface area (Å²) in [7, 11) is 0. The van der Waals surface area contributed by atoms with Gasteiger partial charge in [-0.2, -0.15) is 0 Å². The topological polar surface area (TPSA) is 37.3 Å². The van der Waals surface area contributed by atoms with E-state index in [9.17, 15) is 9.18 Å². The molecule has 0 saturated carbocycles. The summed E-state index contributed by atoms with van der Waals surface area (Å²) in [5.41, 5.74) is 7.35. The van der Waals surface area contributed by atoms with Crippen molar-refractivity contribution in [3.8, 4) is 5.00 Å². The van der Waals surface area contributed by atoms with Crippen LogP contribution in [0.15, 0.2) is 60.8 Å². The van der Waals surface area contributed by atoms with Crippen LogP contribution < -0.4 is 5.32 Å². The first-order valence-corrected chi connectivity index (χ1v) is 13.0. The minimum atomic E-state index is -0.412. The van der Waals surface area contributed by atoms with Gasteiger partial charge in [-0.1, -0.05) is 18.2 Å². The van der Waals surface area contributed by atoms with E-state index in [1.54, 1.807) is 12.1 Å². The molecule has 2 aromatic heterocycles. The minimum absolute atomic E-state index is 0.180.